The lowest BCUT2D eigenvalue weighted by Crippen LogP contribution is -2.26. The first kappa shape index (κ1) is 17.4. The Hall–Kier alpha value is -1.91. The van der Waals surface area contributed by atoms with E-state index >= 15 is 0 Å². The Morgan fingerprint density at radius 1 is 1.04 bits per heavy atom. The number of benzene rings is 2. The van der Waals surface area contributed by atoms with Crippen LogP contribution in [-0.4, -0.2) is 20.1 Å². The predicted octanol–water partition coefficient (Wildman–Crippen LogP) is 4.50. The number of amides is 1. The van der Waals surface area contributed by atoms with Crippen LogP contribution in [0.3, 0.4) is 0 Å². The Bertz CT molecular complexity index is 719. The molecule has 0 spiro atoms. The lowest BCUT2D eigenvalue weighted by atomic mass is 10.1. The number of methoxy groups -OCH3 is 2. The summed E-state index contributed by atoms with van der Waals surface area (Å²) in [7, 11) is 3.14. The maximum Gasteiger partial charge on any atom is 0.253 e. The van der Waals surface area contributed by atoms with E-state index in [0.29, 0.717) is 27.1 Å². The molecular weight excluding hydrogens is 337 g/mol. The van der Waals surface area contributed by atoms with E-state index in [1.54, 1.807) is 38.5 Å². The molecule has 0 saturated carbocycles. The second-order valence-corrected chi connectivity index (χ2v) is 5.78. The summed E-state index contributed by atoms with van der Waals surface area (Å²) in [5.74, 6) is 0.944. The van der Waals surface area contributed by atoms with Crippen molar-refractivity contribution in [2.75, 3.05) is 14.2 Å². The molecule has 2 rings (SSSR count). The summed E-state index contributed by atoms with van der Waals surface area (Å²) in [6.07, 6.45) is 0. The SMILES string of the molecule is COc1ccc([C@H](C)NC(=O)c2cc(Cl)ccc2Cl)cc1OC. The minimum atomic E-state index is -0.292. The fraction of sp³-hybridized carbons (Fsp3) is 0.235. The predicted molar refractivity (Wildman–Crippen MR) is 91.9 cm³/mol. The number of rotatable bonds is 5. The second-order valence-electron chi connectivity index (χ2n) is 4.93. The minimum Gasteiger partial charge on any atom is -0.493 e. The van der Waals surface area contributed by atoms with Crippen LogP contribution in [-0.2, 0) is 0 Å². The highest BCUT2D eigenvalue weighted by molar-refractivity contribution is 6.35. The molecule has 1 amide bonds. The Kier molecular flexibility index (Phi) is 5.74. The van der Waals surface area contributed by atoms with Crippen LogP contribution in [0, 0.1) is 0 Å². The molecule has 0 aromatic heterocycles. The maximum atomic E-state index is 12.4. The normalized spacial score (nSPS) is 11.7. The molecule has 0 heterocycles. The Labute approximate surface area is 145 Å². The van der Waals surface area contributed by atoms with Gasteiger partial charge in [0, 0.05) is 5.02 Å². The molecule has 0 fully saturated rings. The second kappa shape index (κ2) is 7.57. The fourth-order valence-electron chi connectivity index (χ4n) is 2.15. The van der Waals surface area contributed by atoms with Crippen molar-refractivity contribution in [1.29, 1.82) is 0 Å². The monoisotopic (exact) mass is 353 g/mol. The largest absolute Gasteiger partial charge is 0.493 e. The van der Waals surface area contributed by atoms with Crippen LogP contribution < -0.4 is 14.8 Å². The molecule has 0 aliphatic carbocycles. The van der Waals surface area contributed by atoms with Gasteiger partial charge in [0.25, 0.3) is 5.91 Å². The summed E-state index contributed by atoms with van der Waals surface area (Å²) in [5.41, 5.74) is 1.22. The van der Waals surface area contributed by atoms with E-state index in [0.717, 1.165) is 5.56 Å². The van der Waals surface area contributed by atoms with Crippen LogP contribution in [0.1, 0.15) is 28.9 Å². The number of halogens is 2. The van der Waals surface area contributed by atoms with Crippen molar-refractivity contribution in [2.24, 2.45) is 0 Å². The van der Waals surface area contributed by atoms with Crippen LogP contribution >= 0.6 is 23.2 Å². The first-order chi connectivity index (χ1) is 11.0. The summed E-state index contributed by atoms with van der Waals surface area (Å²) in [6.45, 7) is 1.87. The van der Waals surface area contributed by atoms with E-state index in [9.17, 15) is 4.79 Å². The molecule has 122 valence electrons. The highest BCUT2D eigenvalue weighted by Crippen LogP contribution is 2.30. The third-order valence-corrected chi connectivity index (χ3v) is 3.99. The molecule has 0 unspecified atom stereocenters. The lowest BCUT2D eigenvalue weighted by Gasteiger charge is -2.17. The zero-order valence-electron chi connectivity index (χ0n) is 13.0. The molecule has 0 bridgehead atoms. The molecule has 1 N–H and O–H groups in total. The van der Waals surface area contributed by atoms with E-state index in [4.69, 9.17) is 32.7 Å². The van der Waals surface area contributed by atoms with Gasteiger partial charge in [-0.1, -0.05) is 29.3 Å². The molecule has 0 radical (unpaired) electrons. The van der Waals surface area contributed by atoms with Crippen LogP contribution in [0.25, 0.3) is 0 Å². The molecule has 6 heteroatoms. The van der Waals surface area contributed by atoms with Gasteiger partial charge in [0.1, 0.15) is 0 Å². The number of nitrogens with one attached hydrogen (secondary N) is 1. The Balaban J connectivity index is 2.19. The third-order valence-electron chi connectivity index (χ3n) is 3.43. The highest BCUT2D eigenvalue weighted by Gasteiger charge is 2.16. The van der Waals surface area contributed by atoms with Gasteiger partial charge in [0.2, 0.25) is 0 Å². The number of carbonyl (C=O) groups excluding carboxylic acids is 1. The number of carbonyl (C=O) groups is 1. The average molecular weight is 354 g/mol. The Morgan fingerprint density at radius 2 is 1.74 bits per heavy atom. The van der Waals surface area contributed by atoms with E-state index in [1.165, 1.54) is 0 Å². The summed E-state index contributed by atoms with van der Waals surface area (Å²) < 4.78 is 10.5. The zero-order valence-corrected chi connectivity index (χ0v) is 14.5. The standard InChI is InChI=1S/C17H17Cl2NO3/c1-10(11-4-7-15(22-2)16(8-11)23-3)20-17(21)13-9-12(18)5-6-14(13)19/h4-10H,1-3H3,(H,20,21)/t10-/m0/s1. The van der Waals surface area contributed by atoms with Gasteiger partial charge in [-0.25, -0.2) is 0 Å². The fourth-order valence-corrected chi connectivity index (χ4v) is 2.53. The van der Waals surface area contributed by atoms with Gasteiger partial charge >= 0.3 is 0 Å². The smallest absolute Gasteiger partial charge is 0.253 e. The highest BCUT2D eigenvalue weighted by atomic mass is 35.5. The first-order valence-electron chi connectivity index (χ1n) is 6.94. The van der Waals surface area contributed by atoms with Gasteiger partial charge in [-0.3, -0.25) is 4.79 Å². The molecular formula is C17H17Cl2NO3. The average Bonchev–Trinajstić information content (AvgIpc) is 2.56. The molecule has 2 aromatic rings. The summed E-state index contributed by atoms with van der Waals surface area (Å²) in [6, 6.07) is 10.0. The number of ether oxygens (including phenoxy) is 2. The summed E-state index contributed by atoms with van der Waals surface area (Å²) in [5, 5.41) is 3.70. The van der Waals surface area contributed by atoms with Crippen molar-refractivity contribution in [2.45, 2.75) is 13.0 Å². The van der Waals surface area contributed by atoms with Crippen molar-refractivity contribution >= 4 is 29.1 Å². The van der Waals surface area contributed by atoms with E-state index in [1.807, 2.05) is 19.1 Å². The van der Waals surface area contributed by atoms with Crippen molar-refractivity contribution in [3.05, 3.63) is 57.6 Å². The quantitative estimate of drug-likeness (QED) is 0.860. The molecule has 0 aliphatic rings. The van der Waals surface area contributed by atoms with E-state index in [2.05, 4.69) is 5.32 Å². The molecule has 23 heavy (non-hydrogen) atoms. The van der Waals surface area contributed by atoms with E-state index in [-0.39, 0.29) is 11.9 Å². The van der Waals surface area contributed by atoms with Crippen LogP contribution in [0.15, 0.2) is 36.4 Å². The maximum absolute atomic E-state index is 12.4. The molecule has 0 saturated heterocycles. The van der Waals surface area contributed by atoms with Gasteiger partial charge in [-0.05, 0) is 42.8 Å². The van der Waals surface area contributed by atoms with Crippen LogP contribution in [0.2, 0.25) is 10.0 Å². The molecule has 4 nitrogen and oxygen atoms in total. The van der Waals surface area contributed by atoms with Crippen molar-refractivity contribution in [3.63, 3.8) is 0 Å². The molecule has 1 atom stereocenters. The van der Waals surface area contributed by atoms with Gasteiger partial charge < -0.3 is 14.8 Å². The van der Waals surface area contributed by atoms with Crippen LogP contribution in [0.5, 0.6) is 11.5 Å². The van der Waals surface area contributed by atoms with Gasteiger partial charge in [0.05, 0.1) is 30.8 Å². The van der Waals surface area contributed by atoms with E-state index < -0.39 is 0 Å². The minimum absolute atomic E-state index is 0.239. The number of hydrogen-bond donors (Lipinski definition) is 1. The summed E-state index contributed by atoms with van der Waals surface area (Å²) in [4.78, 5) is 12.4. The van der Waals surface area contributed by atoms with Gasteiger partial charge in [0.15, 0.2) is 11.5 Å². The first-order valence-corrected chi connectivity index (χ1v) is 7.69. The van der Waals surface area contributed by atoms with Crippen molar-refractivity contribution in [3.8, 4) is 11.5 Å². The van der Waals surface area contributed by atoms with Gasteiger partial charge in [-0.15, -0.1) is 0 Å². The van der Waals surface area contributed by atoms with Crippen molar-refractivity contribution < 1.29 is 14.3 Å². The van der Waals surface area contributed by atoms with Crippen LogP contribution in [0.4, 0.5) is 0 Å². The molecule has 2 aromatic carbocycles. The van der Waals surface area contributed by atoms with Crippen molar-refractivity contribution in [1.82, 2.24) is 5.32 Å². The Morgan fingerprint density at radius 3 is 2.39 bits per heavy atom. The van der Waals surface area contributed by atoms with Gasteiger partial charge in [-0.2, -0.15) is 0 Å². The third kappa shape index (κ3) is 4.09. The lowest BCUT2D eigenvalue weighted by molar-refractivity contribution is 0.0940. The number of hydrogen-bond acceptors (Lipinski definition) is 3. The topological polar surface area (TPSA) is 47.6 Å². The summed E-state index contributed by atoms with van der Waals surface area (Å²) >= 11 is 12.0. The zero-order chi connectivity index (χ0) is 17.0. The molecule has 0 aliphatic heterocycles.